The number of aliphatic carboxylic acids is 1. The molecule has 0 radical (unpaired) electrons. The largest absolute Gasteiger partial charge is 0.481 e. The SMILES string of the molecule is CC(C)[C@@H](NC(=O)OCC1c2ccccc2-c2ccccc21)C(=O)N(C)C1CC(C(=O)O)C1. The number of alkyl carbamates (subject to hydrolysis) is 1. The van der Waals surface area contributed by atoms with Crippen molar-refractivity contribution in [1.82, 2.24) is 10.2 Å². The normalized spacial score (nSPS) is 19.8. The minimum absolute atomic E-state index is 0.0537. The summed E-state index contributed by atoms with van der Waals surface area (Å²) in [6.45, 7) is 3.90. The maximum Gasteiger partial charge on any atom is 0.407 e. The maximum absolute atomic E-state index is 13.0. The Morgan fingerprint density at radius 3 is 2.09 bits per heavy atom. The number of nitrogens with one attached hydrogen (secondary N) is 1. The van der Waals surface area contributed by atoms with E-state index in [9.17, 15) is 14.4 Å². The summed E-state index contributed by atoms with van der Waals surface area (Å²) < 4.78 is 5.60. The van der Waals surface area contributed by atoms with Crippen LogP contribution in [-0.2, 0) is 14.3 Å². The van der Waals surface area contributed by atoms with Gasteiger partial charge in [-0.15, -0.1) is 0 Å². The van der Waals surface area contributed by atoms with Crippen molar-refractivity contribution < 1.29 is 24.2 Å². The first-order chi connectivity index (χ1) is 15.8. The summed E-state index contributed by atoms with van der Waals surface area (Å²) in [6, 6.07) is 15.4. The third-order valence-corrected chi connectivity index (χ3v) is 6.91. The highest BCUT2D eigenvalue weighted by Crippen LogP contribution is 2.44. The van der Waals surface area contributed by atoms with Gasteiger partial charge in [-0.25, -0.2) is 4.79 Å². The Hall–Kier alpha value is -3.35. The molecule has 0 bridgehead atoms. The van der Waals surface area contributed by atoms with Crippen molar-refractivity contribution in [1.29, 1.82) is 0 Å². The number of likely N-dealkylation sites (N-methyl/N-ethyl adjacent to an activating group) is 1. The van der Waals surface area contributed by atoms with E-state index in [1.165, 1.54) is 0 Å². The minimum Gasteiger partial charge on any atom is -0.481 e. The van der Waals surface area contributed by atoms with E-state index in [0.717, 1.165) is 22.3 Å². The van der Waals surface area contributed by atoms with Gasteiger partial charge in [0.1, 0.15) is 12.6 Å². The molecule has 4 rings (SSSR count). The van der Waals surface area contributed by atoms with Crippen LogP contribution in [0.5, 0.6) is 0 Å². The van der Waals surface area contributed by atoms with Crippen LogP contribution in [0.1, 0.15) is 43.7 Å². The predicted molar refractivity (Wildman–Crippen MR) is 124 cm³/mol. The summed E-state index contributed by atoms with van der Waals surface area (Å²) in [6.07, 6.45) is 0.245. The van der Waals surface area contributed by atoms with E-state index in [1.54, 1.807) is 11.9 Å². The third-order valence-electron chi connectivity index (χ3n) is 6.91. The lowest BCUT2D eigenvalue weighted by Gasteiger charge is -2.40. The Balaban J connectivity index is 1.38. The lowest BCUT2D eigenvalue weighted by molar-refractivity contribution is -0.150. The lowest BCUT2D eigenvalue weighted by atomic mass is 9.79. The Bertz CT molecular complexity index is 1010. The number of carboxylic acids is 1. The van der Waals surface area contributed by atoms with Crippen LogP contribution in [0, 0.1) is 11.8 Å². The molecule has 2 amide bonds. The molecule has 0 spiro atoms. The highest BCUT2D eigenvalue weighted by Gasteiger charge is 2.40. The number of amides is 2. The quantitative estimate of drug-likeness (QED) is 0.668. The monoisotopic (exact) mass is 450 g/mol. The van der Waals surface area contributed by atoms with E-state index in [2.05, 4.69) is 29.6 Å². The smallest absolute Gasteiger partial charge is 0.407 e. The fourth-order valence-corrected chi connectivity index (χ4v) is 4.79. The first kappa shape index (κ1) is 22.8. The van der Waals surface area contributed by atoms with Gasteiger partial charge in [-0.2, -0.15) is 0 Å². The first-order valence-corrected chi connectivity index (χ1v) is 11.4. The fraction of sp³-hybridized carbons (Fsp3) is 0.423. The van der Waals surface area contributed by atoms with E-state index >= 15 is 0 Å². The number of nitrogens with zero attached hydrogens (tertiary/aromatic N) is 1. The van der Waals surface area contributed by atoms with Crippen LogP contribution < -0.4 is 5.32 Å². The van der Waals surface area contributed by atoms with Crippen LogP contribution in [0.25, 0.3) is 11.1 Å². The summed E-state index contributed by atoms with van der Waals surface area (Å²) in [7, 11) is 1.67. The van der Waals surface area contributed by atoms with Crippen molar-refractivity contribution in [2.24, 2.45) is 11.8 Å². The van der Waals surface area contributed by atoms with Gasteiger partial charge in [0.2, 0.25) is 5.91 Å². The number of carbonyl (C=O) groups is 3. The molecule has 2 aromatic carbocycles. The van der Waals surface area contributed by atoms with Crippen molar-refractivity contribution in [2.45, 2.75) is 44.7 Å². The van der Waals surface area contributed by atoms with Crippen LogP contribution in [-0.4, -0.2) is 53.7 Å². The second-order valence-corrected chi connectivity index (χ2v) is 9.30. The molecular weight excluding hydrogens is 420 g/mol. The number of carbonyl (C=O) groups excluding carboxylic acids is 2. The lowest BCUT2D eigenvalue weighted by Crippen LogP contribution is -2.56. The van der Waals surface area contributed by atoms with Gasteiger partial charge in [0, 0.05) is 19.0 Å². The Morgan fingerprint density at radius 2 is 1.58 bits per heavy atom. The Morgan fingerprint density at radius 1 is 1.03 bits per heavy atom. The third kappa shape index (κ3) is 4.45. The highest BCUT2D eigenvalue weighted by atomic mass is 16.5. The van der Waals surface area contributed by atoms with Gasteiger partial charge in [0.15, 0.2) is 0 Å². The fourth-order valence-electron chi connectivity index (χ4n) is 4.79. The molecular formula is C26H30N2O5. The standard InChI is InChI=1S/C26H30N2O5/c1-15(2)23(24(29)28(3)17-12-16(13-17)25(30)31)27-26(32)33-14-22-20-10-6-4-8-18(20)19-9-5-7-11-21(19)22/h4-11,15-17,22-23H,12-14H2,1-3H3,(H,27,32)(H,30,31)/t16?,17?,23-/m1/s1. The zero-order valence-corrected chi connectivity index (χ0v) is 19.2. The molecule has 7 nitrogen and oxygen atoms in total. The molecule has 1 saturated carbocycles. The van der Waals surface area contributed by atoms with Crippen molar-refractivity contribution in [3.05, 3.63) is 59.7 Å². The van der Waals surface area contributed by atoms with E-state index in [0.29, 0.717) is 12.8 Å². The number of hydrogen-bond acceptors (Lipinski definition) is 4. The van der Waals surface area contributed by atoms with Crippen LogP contribution in [0.4, 0.5) is 4.79 Å². The zero-order valence-electron chi connectivity index (χ0n) is 19.2. The Labute approximate surface area is 193 Å². The summed E-state index contributed by atoms with van der Waals surface area (Å²) >= 11 is 0. The van der Waals surface area contributed by atoms with Crippen molar-refractivity contribution in [3.8, 4) is 11.1 Å². The van der Waals surface area contributed by atoms with Gasteiger partial charge >= 0.3 is 12.1 Å². The molecule has 0 aromatic heterocycles. The first-order valence-electron chi connectivity index (χ1n) is 11.4. The van der Waals surface area contributed by atoms with Gasteiger partial charge in [0.25, 0.3) is 0 Å². The molecule has 174 valence electrons. The summed E-state index contributed by atoms with van der Waals surface area (Å²) in [5.41, 5.74) is 4.56. The van der Waals surface area contributed by atoms with Crippen molar-refractivity contribution >= 4 is 18.0 Å². The molecule has 0 unspecified atom stereocenters. The molecule has 0 saturated heterocycles. The number of fused-ring (bicyclic) bond motifs is 3. The van der Waals surface area contributed by atoms with Gasteiger partial charge in [0.05, 0.1) is 5.92 Å². The van der Waals surface area contributed by atoms with E-state index in [1.807, 2.05) is 38.1 Å². The summed E-state index contributed by atoms with van der Waals surface area (Å²) in [4.78, 5) is 38.3. The van der Waals surface area contributed by atoms with Gasteiger partial charge < -0.3 is 20.1 Å². The van der Waals surface area contributed by atoms with E-state index < -0.39 is 24.0 Å². The van der Waals surface area contributed by atoms with E-state index in [-0.39, 0.29) is 30.4 Å². The molecule has 1 atom stereocenters. The maximum atomic E-state index is 13.0. The number of benzene rings is 2. The number of rotatable bonds is 7. The Kier molecular flexibility index (Phi) is 6.40. The van der Waals surface area contributed by atoms with Crippen LogP contribution in [0.3, 0.4) is 0 Å². The topological polar surface area (TPSA) is 95.9 Å². The predicted octanol–water partition coefficient (Wildman–Crippen LogP) is 3.87. The zero-order chi connectivity index (χ0) is 23.7. The number of ether oxygens (including phenoxy) is 1. The molecule has 7 heteroatoms. The van der Waals surface area contributed by atoms with Crippen molar-refractivity contribution in [2.75, 3.05) is 13.7 Å². The van der Waals surface area contributed by atoms with Gasteiger partial charge in [-0.1, -0.05) is 62.4 Å². The molecule has 0 heterocycles. The average Bonchev–Trinajstić information content (AvgIpc) is 3.08. The minimum atomic E-state index is -0.829. The molecule has 1 fully saturated rings. The van der Waals surface area contributed by atoms with Crippen LogP contribution >= 0.6 is 0 Å². The highest BCUT2D eigenvalue weighted by molar-refractivity contribution is 5.86. The average molecular weight is 451 g/mol. The number of hydrogen-bond donors (Lipinski definition) is 2. The number of carboxylic acid groups (broad SMARTS) is 1. The second-order valence-electron chi connectivity index (χ2n) is 9.30. The summed E-state index contributed by atoms with van der Waals surface area (Å²) in [5.74, 6) is -1.66. The molecule has 2 aromatic rings. The molecule has 0 aliphatic heterocycles. The molecule has 2 N–H and O–H groups in total. The molecule has 33 heavy (non-hydrogen) atoms. The molecule has 2 aliphatic rings. The van der Waals surface area contributed by atoms with E-state index in [4.69, 9.17) is 9.84 Å². The van der Waals surface area contributed by atoms with Crippen LogP contribution in [0.15, 0.2) is 48.5 Å². The van der Waals surface area contributed by atoms with Crippen molar-refractivity contribution in [3.63, 3.8) is 0 Å². The van der Waals surface area contributed by atoms with Crippen LogP contribution in [0.2, 0.25) is 0 Å². The van der Waals surface area contributed by atoms with Gasteiger partial charge in [-0.3, -0.25) is 9.59 Å². The summed E-state index contributed by atoms with van der Waals surface area (Å²) in [5, 5.41) is 11.8. The second kappa shape index (κ2) is 9.25. The van der Waals surface area contributed by atoms with Gasteiger partial charge in [-0.05, 0) is 41.0 Å². The molecule has 2 aliphatic carbocycles.